The van der Waals surface area contributed by atoms with Crippen LogP contribution in [0.4, 0.5) is 0 Å². The van der Waals surface area contributed by atoms with Gasteiger partial charge in [0.25, 0.3) is 0 Å². The minimum atomic E-state index is 0.712. The van der Waals surface area contributed by atoms with Crippen LogP contribution < -0.4 is 5.32 Å². The molecular weight excluding hydrogens is 212 g/mol. The van der Waals surface area contributed by atoms with Crippen LogP contribution in [0.3, 0.4) is 0 Å². The van der Waals surface area contributed by atoms with Gasteiger partial charge < -0.3 is 15.0 Å². The van der Waals surface area contributed by atoms with E-state index in [0.717, 1.165) is 19.1 Å². The predicted octanol–water partition coefficient (Wildman–Crippen LogP) is 1.88. The second kappa shape index (κ2) is 7.34. The molecule has 0 aromatic rings. The van der Waals surface area contributed by atoms with E-state index < -0.39 is 0 Å². The highest BCUT2D eigenvalue weighted by atomic mass is 16.5. The SMILES string of the molecule is CN1CCC(CCNC2CCCOCC2)CC1. The molecule has 0 spiro atoms. The fraction of sp³-hybridized carbons (Fsp3) is 1.00. The number of rotatable bonds is 4. The quantitative estimate of drug-likeness (QED) is 0.812. The van der Waals surface area contributed by atoms with Gasteiger partial charge in [0.1, 0.15) is 0 Å². The molecule has 1 N–H and O–H groups in total. The maximum Gasteiger partial charge on any atom is 0.0480 e. The molecule has 2 rings (SSSR count). The van der Waals surface area contributed by atoms with Gasteiger partial charge in [-0.2, -0.15) is 0 Å². The van der Waals surface area contributed by atoms with E-state index in [4.69, 9.17) is 4.74 Å². The van der Waals surface area contributed by atoms with Crippen molar-refractivity contribution in [3.05, 3.63) is 0 Å². The highest BCUT2D eigenvalue weighted by Gasteiger charge is 2.17. The number of hydrogen-bond donors (Lipinski definition) is 1. The molecule has 0 radical (unpaired) electrons. The van der Waals surface area contributed by atoms with Gasteiger partial charge in [-0.3, -0.25) is 0 Å². The van der Waals surface area contributed by atoms with Crippen molar-refractivity contribution in [1.29, 1.82) is 0 Å². The first-order valence-electron chi connectivity index (χ1n) is 7.34. The van der Waals surface area contributed by atoms with Crippen molar-refractivity contribution in [2.24, 2.45) is 5.92 Å². The van der Waals surface area contributed by atoms with Gasteiger partial charge in [0.2, 0.25) is 0 Å². The van der Waals surface area contributed by atoms with Gasteiger partial charge in [0, 0.05) is 19.3 Å². The van der Waals surface area contributed by atoms with Crippen molar-refractivity contribution in [3.63, 3.8) is 0 Å². The normalized spacial score (nSPS) is 29.1. The minimum Gasteiger partial charge on any atom is -0.381 e. The Bertz CT molecular complexity index is 194. The highest BCUT2D eigenvalue weighted by molar-refractivity contribution is 4.73. The lowest BCUT2D eigenvalue weighted by Crippen LogP contribution is -2.34. The molecule has 2 fully saturated rings. The fourth-order valence-corrected chi connectivity index (χ4v) is 2.95. The topological polar surface area (TPSA) is 24.5 Å². The van der Waals surface area contributed by atoms with Crippen LogP contribution >= 0.6 is 0 Å². The van der Waals surface area contributed by atoms with E-state index in [1.807, 2.05) is 0 Å². The Labute approximate surface area is 106 Å². The van der Waals surface area contributed by atoms with Gasteiger partial charge >= 0.3 is 0 Å². The van der Waals surface area contributed by atoms with Gasteiger partial charge in [-0.05, 0) is 71.1 Å². The molecule has 3 nitrogen and oxygen atoms in total. The molecule has 17 heavy (non-hydrogen) atoms. The molecule has 1 atom stereocenters. The van der Waals surface area contributed by atoms with Crippen molar-refractivity contribution < 1.29 is 4.74 Å². The van der Waals surface area contributed by atoms with Crippen LogP contribution in [0.1, 0.15) is 38.5 Å². The molecule has 0 bridgehead atoms. The third-order valence-corrected chi connectivity index (χ3v) is 4.28. The maximum atomic E-state index is 5.49. The van der Waals surface area contributed by atoms with E-state index in [2.05, 4.69) is 17.3 Å². The second-order valence-corrected chi connectivity index (χ2v) is 5.73. The average Bonchev–Trinajstić information content (AvgIpc) is 2.60. The number of piperidine rings is 1. The summed E-state index contributed by atoms with van der Waals surface area (Å²) in [5.74, 6) is 0.959. The lowest BCUT2D eigenvalue weighted by Gasteiger charge is -2.29. The largest absolute Gasteiger partial charge is 0.381 e. The van der Waals surface area contributed by atoms with Crippen molar-refractivity contribution in [2.45, 2.75) is 44.6 Å². The smallest absolute Gasteiger partial charge is 0.0480 e. The first-order chi connectivity index (χ1) is 8.34. The number of likely N-dealkylation sites (tertiary alicyclic amines) is 1. The van der Waals surface area contributed by atoms with E-state index in [1.54, 1.807) is 0 Å². The van der Waals surface area contributed by atoms with Crippen molar-refractivity contribution in [2.75, 3.05) is 39.9 Å². The first-order valence-corrected chi connectivity index (χ1v) is 7.34. The molecule has 2 aliphatic rings. The Morgan fingerprint density at radius 3 is 2.76 bits per heavy atom. The Hall–Kier alpha value is -0.120. The van der Waals surface area contributed by atoms with E-state index >= 15 is 0 Å². The summed E-state index contributed by atoms with van der Waals surface area (Å²) in [4.78, 5) is 2.45. The zero-order valence-corrected chi connectivity index (χ0v) is 11.3. The zero-order valence-electron chi connectivity index (χ0n) is 11.3. The van der Waals surface area contributed by atoms with Crippen molar-refractivity contribution >= 4 is 0 Å². The summed E-state index contributed by atoms with van der Waals surface area (Å²) >= 11 is 0. The number of nitrogens with zero attached hydrogens (tertiary/aromatic N) is 1. The molecule has 0 aromatic carbocycles. The number of nitrogens with one attached hydrogen (secondary N) is 1. The summed E-state index contributed by atoms with van der Waals surface area (Å²) in [5.41, 5.74) is 0. The van der Waals surface area contributed by atoms with Crippen LogP contribution in [0.2, 0.25) is 0 Å². The van der Waals surface area contributed by atoms with Crippen molar-refractivity contribution in [3.8, 4) is 0 Å². The van der Waals surface area contributed by atoms with E-state index in [-0.39, 0.29) is 0 Å². The summed E-state index contributed by atoms with van der Waals surface area (Å²) in [6, 6.07) is 0.712. The number of hydrogen-bond acceptors (Lipinski definition) is 3. The zero-order chi connectivity index (χ0) is 11.9. The fourth-order valence-electron chi connectivity index (χ4n) is 2.95. The maximum absolute atomic E-state index is 5.49. The summed E-state index contributed by atoms with van der Waals surface area (Å²) in [5, 5.41) is 3.73. The van der Waals surface area contributed by atoms with Crippen LogP contribution in [0.5, 0.6) is 0 Å². The van der Waals surface area contributed by atoms with Crippen LogP contribution in [-0.2, 0) is 4.74 Å². The molecule has 0 amide bonds. The Balaban J connectivity index is 1.55. The molecule has 2 saturated heterocycles. The third-order valence-electron chi connectivity index (χ3n) is 4.28. The van der Waals surface area contributed by atoms with Crippen LogP contribution in [0.15, 0.2) is 0 Å². The monoisotopic (exact) mass is 240 g/mol. The second-order valence-electron chi connectivity index (χ2n) is 5.73. The summed E-state index contributed by atoms with van der Waals surface area (Å²) < 4.78 is 5.49. The van der Waals surface area contributed by atoms with Gasteiger partial charge in [-0.15, -0.1) is 0 Å². The Morgan fingerprint density at radius 1 is 1.12 bits per heavy atom. The van der Waals surface area contributed by atoms with Crippen LogP contribution in [0.25, 0.3) is 0 Å². The Morgan fingerprint density at radius 2 is 1.94 bits per heavy atom. The van der Waals surface area contributed by atoms with Crippen molar-refractivity contribution in [1.82, 2.24) is 10.2 Å². The predicted molar refractivity (Wildman–Crippen MR) is 71.3 cm³/mol. The van der Waals surface area contributed by atoms with Gasteiger partial charge in [-0.25, -0.2) is 0 Å². The summed E-state index contributed by atoms with van der Waals surface area (Å²) in [7, 11) is 2.24. The minimum absolute atomic E-state index is 0.712. The summed E-state index contributed by atoms with van der Waals surface area (Å²) in [6.45, 7) is 5.71. The van der Waals surface area contributed by atoms with Gasteiger partial charge in [0.15, 0.2) is 0 Å². The van der Waals surface area contributed by atoms with Crippen LogP contribution in [0, 0.1) is 5.92 Å². The van der Waals surface area contributed by atoms with E-state index in [1.165, 1.54) is 58.2 Å². The molecule has 2 heterocycles. The molecular formula is C14H28N2O. The highest BCUT2D eigenvalue weighted by Crippen LogP contribution is 2.19. The molecule has 0 aromatic heterocycles. The van der Waals surface area contributed by atoms with E-state index in [0.29, 0.717) is 6.04 Å². The van der Waals surface area contributed by atoms with Crippen LogP contribution in [-0.4, -0.2) is 50.8 Å². The van der Waals surface area contributed by atoms with Gasteiger partial charge in [0.05, 0.1) is 0 Å². The third kappa shape index (κ3) is 4.94. The lowest BCUT2D eigenvalue weighted by atomic mass is 9.93. The first kappa shape index (κ1) is 13.3. The molecule has 2 aliphatic heterocycles. The Kier molecular flexibility index (Phi) is 5.75. The standard InChI is InChI=1S/C14H28N2O/c1-16-9-5-13(6-10-16)4-8-15-14-3-2-11-17-12-7-14/h13-15H,2-12H2,1H3. The number of ether oxygens (including phenoxy) is 1. The average molecular weight is 240 g/mol. The molecule has 0 saturated carbocycles. The van der Waals surface area contributed by atoms with Gasteiger partial charge in [-0.1, -0.05) is 0 Å². The lowest BCUT2D eigenvalue weighted by molar-refractivity contribution is 0.142. The molecule has 100 valence electrons. The summed E-state index contributed by atoms with van der Waals surface area (Å²) in [6.07, 6.45) is 7.88. The molecule has 0 aliphatic carbocycles. The molecule has 1 unspecified atom stereocenters. The molecule has 3 heteroatoms. The van der Waals surface area contributed by atoms with E-state index in [9.17, 15) is 0 Å².